The molecular weight excluding hydrogens is 244 g/mol. The molecule has 1 N–H and O–H groups in total. The molecule has 3 atom stereocenters. The Morgan fingerprint density at radius 1 is 0.750 bits per heavy atom. The average Bonchev–Trinajstić information content (AvgIpc) is 3.39. The summed E-state index contributed by atoms with van der Waals surface area (Å²) in [5, 5.41) is 3.78. The zero-order chi connectivity index (χ0) is 13.4. The Morgan fingerprint density at radius 2 is 1.65 bits per heavy atom. The second kappa shape index (κ2) is 5.96. The first-order chi connectivity index (χ1) is 9.90. The first kappa shape index (κ1) is 13.6. The van der Waals surface area contributed by atoms with Gasteiger partial charge < -0.3 is 5.32 Å². The Bertz CT molecular complexity index is 315. The van der Waals surface area contributed by atoms with E-state index in [-0.39, 0.29) is 0 Å². The predicted octanol–water partition coefficient (Wildman–Crippen LogP) is 3.56. The van der Waals surface area contributed by atoms with Gasteiger partial charge in [0.05, 0.1) is 0 Å². The van der Waals surface area contributed by atoms with Gasteiger partial charge >= 0.3 is 0 Å². The van der Waals surface area contributed by atoms with Crippen LogP contribution in [0, 0.1) is 11.8 Å². The molecule has 0 aromatic rings. The van der Waals surface area contributed by atoms with Crippen LogP contribution in [0.1, 0.15) is 70.6 Å². The fraction of sp³-hybridized carbons (Fsp3) is 1.00. The largest absolute Gasteiger partial charge is 0.313 e. The smallest absolute Gasteiger partial charge is 0.0195 e. The van der Waals surface area contributed by atoms with Crippen LogP contribution in [0.4, 0.5) is 0 Å². The molecule has 0 aromatic carbocycles. The van der Waals surface area contributed by atoms with Gasteiger partial charge in [-0.2, -0.15) is 0 Å². The third kappa shape index (κ3) is 3.22. The number of hydrogen-bond donors (Lipinski definition) is 1. The van der Waals surface area contributed by atoms with Crippen LogP contribution in [0.2, 0.25) is 0 Å². The molecule has 2 heteroatoms. The normalized spacial score (nSPS) is 39.1. The molecule has 0 aromatic heterocycles. The van der Waals surface area contributed by atoms with Crippen molar-refractivity contribution in [1.29, 1.82) is 0 Å². The van der Waals surface area contributed by atoms with Crippen LogP contribution < -0.4 is 5.32 Å². The highest BCUT2D eigenvalue weighted by Gasteiger charge is 2.40. The molecule has 20 heavy (non-hydrogen) atoms. The highest BCUT2D eigenvalue weighted by atomic mass is 15.2. The summed E-state index contributed by atoms with van der Waals surface area (Å²) in [4.78, 5) is 2.96. The molecule has 0 amide bonds. The molecule has 0 radical (unpaired) electrons. The molecule has 4 fully saturated rings. The minimum absolute atomic E-state index is 0.797. The van der Waals surface area contributed by atoms with Crippen molar-refractivity contribution >= 4 is 0 Å². The van der Waals surface area contributed by atoms with Crippen LogP contribution in [0.25, 0.3) is 0 Å². The van der Waals surface area contributed by atoms with E-state index in [0.29, 0.717) is 0 Å². The Labute approximate surface area is 124 Å². The highest BCUT2D eigenvalue weighted by molar-refractivity contribution is 4.95. The van der Waals surface area contributed by atoms with E-state index in [2.05, 4.69) is 10.2 Å². The van der Waals surface area contributed by atoms with Crippen LogP contribution in [-0.2, 0) is 0 Å². The minimum Gasteiger partial charge on any atom is -0.313 e. The van der Waals surface area contributed by atoms with Gasteiger partial charge in [-0.15, -0.1) is 0 Å². The second-order valence-corrected chi connectivity index (χ2v) is 7.99. The van der Waals surface area contributed by atoms with Gasteiger partial charge in [-0.05, 0) is 69.7 Å². The maximum atomic E-state index is 3.78. The Kier molecular flexibility index (Phi) is 4.05. The van der Waals surface area contributed by atoms with Crippen LogP contribution >= 0.6 is 0 Å². The van der Waals surface area contributed by atoms with Crippen molar-refractivity contribution in [3.8, 4) is 0 Å². The summed E-state index contributed by atoms with van der Waals surface area (Å²) in [5.41, 5.74) is 0. The van der Waals surface area contributed by atoms with Crippen LogP contribution in [0.5, 0.6) is 0 Å². The predicted molar refractivity (Wildman–Crippen MR) is 83.8 cm³/mol. The summed E-state index contributed by atoms with van der Waals surface area (Å²) in [6.45, 7) is 2.62. The molecule has 3 saturated carbocycles. The molecule has 0 bridgehead atoms. The number of nitrogens with zero attached hydrogens (tertiary/aromatic N) is 1. The van der Waals surface area contributed by atoms with Gasteiger partial charge in [-0.3, -0.25) is 4.90 Å². The van der Waals surface area contributed by atoms with Crippen molar-refractivity contribution in [3.05, 3.63) is 0 Å². The van der Waals surface area contributed by atoms with Crippen molar-refractivity contribution < 1.29 is 0 Å². The zero-order valence-electron chi connectivity index (χ0n) is 13.0. The van der Waals surface area contributed by atoms with Crippen LogP contribution in [0.15, 0.2) is 0 Å². The third-order valence-corrected chi connectivity index (χ3v) is 6.30. The Balaban J connectivity index is 1.36. The first-order valence-corrected chi connectivity index (χ1v) is 9.39. The van der Waals surface area contributed by atoms with Gasteiger partial charge in [-0.1, -0.05) is 19.3 Å². The lowest BCUT2D eigenvalue weighted by Crippen LogP contribution is -2.49. The molecule has 1 aliphatic heterocycles. The standard InChI is InChI=1S/C18H32N2/c1-2-11-19-16(5-1)13-20(17-9-10-17)18-6-3-4-15(12-18)14-7-8-14/h14-19H,1-13H2. The molecule has 2 nitrogen and oxygen atoms in total. The van der Waals surface area contributed by atoms with Gasteiger partial charge in [0.15, 0.2) is 0 Å². The topological polar surface area (TPSA) is 15.3 Å². The van der Waals surface area contributed by atoms with E-state index >= 15 is 0 Å². The summed E-state index contributed by atoms with van der Waals surface area (Å²) in [6.07, 6.45) is 16.4. The molecule has 4 aliphatic rings. The first-order valence-electron chi connectivity index (χ1n) is 9.39. The van der Waals surface area contributed by atoms with E-state index in [1.807, 2.05) is 0 Å². The summed E-state index contributed by atoms with van der Waals surface area (Å²) < 4.78 is 0. The molecule has 1 heterocycles. The van der Waals surface area contributed by atoms with Crippen molar-refractivity contribution in [3.63, 3.8) is 0 Å². The summed E-state index contributed by atoms with van der Waals surface area (Å²) in [6, 6.07) is 2.69. The van der Waals surface area contributed by atoms with E-state index in [1.165, 1.54) is 64.5 Å². The van der Waals surface area contributed by atoms with Gasteiger partial charge in [0, 0.05) is 24.7 Å². The zero-order valence-corrected chi connectivity index (χ0v) is 13.0. The molecule has 114 valence electrons. The van der Waals surface area contributed by atoms with E-state index in [4.69, 9.17) is 0 Å². The lowest BCUT2D eigenvalue weighted by Gasteiger charge is -2.40. The SMILES string of the molecule is C1CCC(CN(C2CC2)C2CCCC(C3CC3)C2)NC1. The molecule has 3 unspecified atom stereocenters. The number of hydrogen-bond acceptors (Lipinski definition) is 2. The maximum Gasteiger partial charge on any atom is 0.0195 e. The highest BCUT2D eigenvalue weighted by Crippen LogP contribution is 2.46. The average molecular weight is 276 g/mol. The van der Waals surface area contributed by atoms with Gasteiger partial charge in [-0.25, -0.2) is 0 Å². The van der Waals surface area contributed by atoms with E-state index in [9.17, 15) is 0 Å². The quantitative estimate of drug-likeness (QED) is 0.826. The molecule has 1 saturated heterocycles. The van der Waals surface area contributed by atoms with E-state index < -0.39 is 0 Å². The minimum atomic E-state index is 0.797. The molecule has 4 rings (SSSR count). The lowest BCUT2D eigenvalue weighted by molar-refractivity contribution is 0.0995. The summed E-state index contributed by atoms with van der Waals surface area (Å²) in [5.74, 6) is 2.22. The molecular formula is C18H32N2. The number of rotatable bonds is 5. The van der Waals surface area contributed by atoms with Crippen molar-refractivity contribution in [2.24, 2.45) is 11.8 Å². The van der Waals surface area contributed by atoms with E-state index in [0.717, 1.165) is 30.0 Å². The third-order valence-electron chi connectivity index (χ3n) is 6.30. The lowest BCUT2D eigenvalue weighted by atomic mass is 9.81. The van der Waals surface area contributed by atoms with Crippen molar-refractivity contribution in [2.45, 2.75) is 88.8 Å². The van der Waals surface area contributed by atoms with E-state index in [1.54, 1.807) is 19.3 Å². The number of piperidine rings is 1. The summed E-state index contributed by atoms with van der Waals surface area (Å²) >= 11 is 0. The second-order valence-electron chi connectivity index (χ2n) is 7.99. The maximum absolute atomic E-state index is 3.78. The fourth-order valence-electron chi connectivity index (χ4n) is 4.83. The Hall–Kier alpha value is -0.0800. The monoisotopic (exact) mass is 276 g/mol. The van der Waals surface area contributed by atoms with Gasteiger partial charge in [0.1, 0.15) is 0 Å². The fourth-order valence-corrected chi connectivity index (χ4v) is 4.83. The molecule has 0 spiro atoms. The van der Waals surface area contributed by atoms with Crippen LogP contribution in [-0.4, -0.2) is 36.1 Å². The van der Waals surface area contributed by atoms with Crippen LogP contribution in [0.3, 0.4) is 0 Å². The van der Waals surface area contributed by atoms with Gasteiger partial charge in [0.25, 0.3) is 0 Å². The Morgan fingerprint density at radius 3 is 2.35 bits per heavy atom. The van der Waals surface area contributed by atoms with Crippen molar-refractivity contribution in [2.75, 3.05) is 13.1 Å². The van der Waals surface area contributed by atoms with Gasteiger partial charge in [0.2, 0.25) is 0 Å². The summed E-state index contributed by atoms with van der Waals surface area (Å²) in [7, 11) is 0. The number of nitrogens with one attached hydrogen (secondary N) is 1. The van der Waals surface area contributed by atoms with Crippen molar-refractivity contribution in [1.82, 2.24) is 10.2 Å². The molecule has 3 aliphatic carbocycles.